The molecule has 1 aliphatic heterocycles. The van der Waals surface area contributed by atoms with Crippen molar-refractivity contribution in [3.63, 3.8) is 0 Å². The van der Waals surface area contributed by atoms with Gasteiger partial charge in [-0.05, 0) is 25.5 Å². The molecule has 0 spiro atoms. The third-order valence-corrected chi connectivity index (χ3v) is 4.92. The molecule has 0 radical (unpaired) electrons. The van der Waals surface area contributed by atoms with Gasteiger partial charge < -0.3 is 24.8 Å². The summed E-state index contributed by atoms with van der Waals surface area (Å²) in [7, 11) is 1.73. The number of aliphatic imine (C=N–C) groups is 1. The fourth-order valence-corrected chi connectivity index (χ4v) is 3.20. The highest BCUT2D eigenvalue weighted by Crippen LogP contribution is 2.31. The predicted octanol–water partition coefficient (Wildman–Crippen LogP) is 2.67. The minimum absolute atomic E-state index is 0.0925. The van der Waals surface area contributed by atoms with Crippen LogP contribution in [0.25, 0.3) is 0 Å². The number of hydrogen-bond acceptors (Lipinski definition) is 4. The van der Waals surface area contributed by atoms with Crippen LogP contribution in [0, 0.1) is 5.92 Å². The highest BCUT2D eigenvalue weighted by Gasteiger charge is 2.24. The summed E-state index contributed by atoms with van der Waals surface area (Å²) in [6.07, 6.45) is 0.341. The van der Waals surface area contributed by atoms with Gasteiger partial charge in [-0.15, -0.1) is 0 Å². The number of aliphatic hydroxyl groups excluding tert-OH is 1. The van der Waals surface area contributed by atoms with E-state index in [1.54, 1.807) is 25.3 Å². The van der Waals surface area contributed by atoms with Crippen LogP contribution in [0.5, 0.6) is 5.75 Å². The highest BCUT2D eigenvalue weighted by atomic mass is 35.5. The Labute approximate surface area is 165 Å². The van der Waals surface area contributed by atoms with Crippen LogP contribution in [-0.4, -0.2) is 68.6 Å². The quantitative estimate of drug-likeness (QED) is 0.515. The Bertz CT molecular complexity index is 601. The minimum Gasteiger partial charge on any atom is -0.489 e. The minimum atomic E-state index is -0.740. The Balaban J connectivity index is 1.87. The second-order valence-electron chi connectivity index (χ2n) is 6.27. The summed E-state index contributed by atoms with van der Waals surface area (Å²) in [4.78, 5) is 6.75. The van der Waals surface area contributed by atoms with Gasteiger partial charge in [-0.25, -0.2) is 0 Å². The predicted molar refractivity (Wildman–Crippen MR) is 105 cm³/mol. The van der Waals surface area contributed by atoms with Gasteiger partial charge in [0.05, 0.1) is 18.2 Å². The van der Waals surface area contributed by atoms with Crippen molar-refractivity contribution in [2.45, 2.75) is 19.4 Å². The molecule has 0 bridgehead atoms. The zero-order chi connectivity index (χ0) is 18.9. The normalized spacial score (nSPS) is 18.9. The molecule has 0 aliphatic carbocycles. The maximum Gasteiger partial charge on any atom is 0.194 e. The van der Waals surface area contributed by atoms with E-state index in [0.29, 0.717) is 21.7 Å². The Morgan fingerprint density at radius 2 is 2.27 bits per heavy atom. The van der Waals surface area contributed by atoms with Crippen molar-refractivity contribution in [3.05, 3.63) is 28.2 Å². The topological polar surface area (TPSA) is 66.3 Å². The molecular weight excluding hydrogens is 377 g/mol. The maximum atomic E-state index is 10.2. The molecule has 1 heterocycles. The average molecular weight is 404 g/mol. The first kappa shape index (κ1) is 21.1. The molecule has 2 atom stereocenters. The van der Waals surface area contributed by atoms with Gasteiger partial charge in [-0.2, -0.15) is 0 Å². The maximum absolute atomic E-state index is 10.2. The lowest BCUT2D eigenvalue weighted by Gasteiger charge is -2.22. The number of likely N-dealkylation sites (tertiary alicyclic amines) is 1. The molecule has 1 aliphatic rings. The Morgan fingerprint density at radius 1 is 1.46 bits per heavy atom. The number of benzene rings is 1. The second kappa shape index (κ2) is 10.8. The third kappa shape index (κ3) is 6.20. The number of nitrogens with zero attached hydrogens (tertiary/aromatic N) is 2. The number of aliphatic hydroxyl groups is 1. The second-order valence-corrected chi connectivity index (χ2v) is 7.05. The van der Waals surface area contributed by atoms with E-state index in [9.17, 15) is 5.11 Å². The van der Waals surface area contributed by atoms with E-state index < -0.39 is 6.10 Å². The Morgan fingerprint density at radius 3 is 3.00 bits per heavy atom. The molecule has 146 valence electrons. The zero-order valence-corrected chi connectivity index (χ0v) is 16.8. The van der Waals surface area contributed by atoms with E-state index in [1.807, 2.05) is 6.92 Å². The molecule has 26 heavy (non-hydrogen) atoms. The van der Waals surface area contributed by atoms with Crippen molar-refractivity contribution < 1.29 is 14.6 Å². The van der Waals surface area contributed by atoms with E-state index in [0.717, 1.165) is 38.6 Å². The first-order valence-electron chi connectivity index (χ1n) is 8.82. The van der Waals surface area contributed by atoms with Crippen LogP contribution < -0.4 is 10.1 Å². The molecule has 1 aromatic carbocycles. The van der Waals surface area contributed by atoms with Crippen molar-refractivity contribution in [1.29, 1.82) is 0 Å². The van der Waals surface area contributed by atoms with Crippen molar-refractivity contribution in [2.24, 2.45) is 10.9 Å². The van der Waals surface area contributed by atoms with Gasteiger partial charge in [0.1, 0.15) is 23.5 Å². The molecule has 8 heteroatoms. The van der Waals surface area contributed by atoms with Crippen molar-refractivity contribution in [1.82, 2.24) is 10.2 Å². The number of halogens is 2. The monoisotopic (exact) mass is 403 g/mol. The van der Waals surface area contributed by atoms with Gasteiger partial charge in [0.25, 0.3) is 0 Å². The summed E-state index contributed by atoms with van der Waals surface area (Å²) in [5.41, 5.74) is 0. The van der Waals surface area contributed by atoms with Gasteiger partial charge in [0.2, 0.25) is 0 Å². The van der Waals surface area contributed by atoms with Crippen LogP contribution >= 0.6 is 23.2 Å². The summed E-state index contributed by atoms with van der Waals surface area (Å²) in [5.74, 6) is 1.78. The van der Waals surface area contributed by atoms with Crippen LogP contribution in [0.2, 0.25) is 10.0 Å². The van der Waals surface area contributed by atoms with Crippen molar-refractivity contribution >= 4 is 29.2 Å². The number of ether oxygens (including phenoxy) is 2. The zero-order valence-electron chi connectivity index (χ0n) is 15.3. The molecule has 1 fully saturated rings. The summed E-state index contributed by atoms with van der Waals surface area (Å²) in [5, 5.41) is 14.2. The molecule has 0 amide bonds. The van der Waals surface area contributed by atoms with Crippen LogP contribution in [0.15, 0.2) is 23.2 Å². The smallest absolute Gasteiger partial charge is 0.194 e. The summed E-state index contributed by atoms with van der Waals surface area (Å²) >= 11 is 12.0. The molecule has 2 N–H and O–H groups in total. The molecule has 1 aromatic rings. The Kier molecular flexibility index (Phi) is 8.78. The van der Waals surface area contributed by atoms with Gasteiger partial charge in [-0.1, -0.05) is 29.3 Å². The summed E-state index contributed by atoms with van der Waals surface area (Å²) < 4.78 is 10.8. The van der Waals surface area contributed by atoms with Gasteiger partial charge >= 0.3 is 0 Å². The fourth-order valence-electron chi connectivity index (χ4n) is 2.85. The van der Waals surface area contributed by atoms with Crippen molar-refractivity contribution in [3.8, 4) is 5.75 Å². The van der Waals surface area contributed by atoms with Gasteiger partial charge in [0.15, 0.2) is 5.96 Å². The largest absolute Gasteiger partial charge is 0.489 e. The molecule has 6 nitrogen and oxygen atoms in total. The van der Waals surface area contributed by atoms with E-state index >= 15 is 0 Å². The number of hydrogen-bond donors (Lipinski definition) is 2. The fraction of sp³-hybridized carbons (Fsp3) is 0.611. The van der Waals surface area contributed by atoms with Crippen LogP contribution in [0.1, 0.15) is 13.3 Å². The van der Waals surface area contributed by atoms with E-state index in [2.05, 4.69) is 15.2 Å². The number of methoxy groups -OCH3 is 1. The molecule has 1 saturated heterocycles. The SMILES string of the molecule is CCNC(=NCC(O)COc1cccc(Cl)c1Cl)N1CCC(COC)C1. The number of nitrogens with one attached hydrogen (secondary N) is 1. The van der Waals surface area contributed by atoms with Gasteiger partial charge in [-0.3, -0.25) is 4.99 Å². The Hall–Kier alpha value is -1.21. The molecule has 0 saturated carbocycles. The molecule has 2 rings (SSSR count). The first-order chi connectivity index (χ1) is 12.5. The van der Waals surface area contributed by atoms with E-state index in [1.165, 1.54) is 0 Å². The summed E-state index contributed by atoms with van der Waals surface area (Å²) in [6.45, 7) is 5.73. The third-order valence-electron chi connectivity index (χ3n) is 4.12. The number of guanidine groups is 1. The lowest BCUT2D eigenvalue weighted by Crippen LogP contribution is -2.41. The van der Waals surface area contributed by atoms with Gasteiger partial charge in [0, 0.05) is 32.7 Å². The summed E-state index contributed by atoms with van der Waals surface area (Å²) in [6, 6.07) is 5.16. The van der Waals surface area contributed by atoms with Crippen LogP contribution in [0.3, 0.4) is 0 Å². The molecule has 2 unspecified atom stereocenters. The van der Waals surface area contributed by atoms with Crippen LogP contribution in [-0.2, 0) is 4.74 Å². The van der Waals surface area contributed by atoms with Crippen molar-refractivity contribution in [2.75, 3.05) is 46.5 Å². The van der Waals surface area contributed by atoms with Crippen LogP contribution in [0.4, 0.5) is 0 Å². The van der Waals surface area contributed by atoms with E-state index in [-0.39, 0.29) is 13.2 Å². The van der Waals surface area contributed by atoms with E-state index in [4.69, 9.17) is 32.7 Å². The number of rotatable bonds is 8. The lowest BCUT2D eigenvalue weighted by molar-refractivity contribution is 0.114. The highest BCUT2D eigenvalue weighted by molar-refractivity contribution is 6.42. The standard InChI is InChI=1S/C18H27Cl2N3O3/c1-3-21-18(23-8-7-13(10-23)11-25-2)22-9-14(24)12-26-16-6-4-5-15(19)17(16)20/h4-6,13-14,24H,3,7-12H2,1-2H3,(H,21,22). The lowest BCUT2D eigenvalue weighted by atomic mass is 10.1. The first-order valence-corrected chi connectivity index (χ1v) is 9.57. The molecular formula is C18H27Cl2N3O3. The molecule has 0 aromatic heterocycles. The average Bonchev–Trinajstić information content (AvgIpc) is 3.08.